The Morgan fingerprint density at radius 3 is 2.04 bits per heavy atom. The Balaban J connectivity index is 0. The van der Waals surface area contributed by atoms with E-state index in [0.29, 0.717) is 0 Å². The van der Waals surface area contributed by atoms with Crippen LogP contribution in [0.15, 0.2) is 41.1 Å². The predicted octanol–water partition coefficient (Wildman–Crippen LogP) is -0.0455. The van der Waals surface area contributed by atoms with Crippen LogP contribution in [-0.2, 0) is 26.5 Å². The minimum absolute atomic E-state index is 0. The molecule has 0 aliphatic heterocycles. The molecule has 0 aromatic heterocycles. The summed E-state index contributed by atoms with van der Waals surface area (Å²) >= 11 is 0. The number of halogens is 2. The molecule has 0 amide bonds. The van der Waals surface area contributed by atoms with Crippen LogP contribution >= 0.6 is 0 Å². The van der Waals surface area contributed by atoms with Gasteiger partial charge in [0.2, 0.25) is 0 Å². The summed E-state index contributed by atoms with van der Waals surface area (Å²) in [5.41, 5.74) is 1.35. The summed E-state index contributed by atoms with van der Waals surface area (Å²) in [6.07, 6.45) is 16.8. The first-order valence-electron chi connectivity index (χ1n) is 8.76. The number of allylic oxidation sites excluding steroid dienone is 6. The summed E-state index contributed by atoms with van der Waals surface area (Å²) in [6, 6.07) is 0. The molecule has 2 aliphatic carbocycles. The summed E-state index contributed by atoms with van der Waals surface area (Å²) in [7, 11) is -1.93. The second-order valence-electron chi connectivity index (χ2n) is 9.33. The van der Waals surface area contributed by atoms with Gasteiger partial charge in [-0.1, -0.05) is 52.1 Å². The van der Waals surface area contributed by atoms with Crippen LogP contribution in [0.2, 0.25) is 13.1 Å². The van der Waals surface area contributed by atoms with Gasteiger partial charge in [-0.2, -0.15) is 6.08 Å². The van der Waals surface area contributed by atoms with Gasteiger partial charge >= 0.3 is 21.7 Å². The largest absolute Gasteiger partial charge is 3.00 e. The molecule has 0 fully saturated rings. The van der Waals surface area contributed by atoms with E-state index in [1.54, 1.807) is 0 Å². The molecule has 26 heavy (non-hydrogen) atoms. The normalized spacial score (nSPS) is 22.6. The molecule has 1 unspecified atom stereocenters. The van der Waals surface area contributed by atoms with E-state index in [1.807, 2.05) is 0 Å². The van der Waals surface area contributed by atoms with E-state index >= 15 is 0 Å². The Hall–Kier alpha value is 0.431. The van der Waals surface area contributed by atoms with E-state index in [9.17, 15) is 0 Å². The molecule has 145 valence electrons. The first kappa shape index (κ1) is 28.6. The standard InChI is InChI=1S/C21H33OSi.2ClH.Ti/c1-19(2,3)18-15-11-12-16-21(18,22-20(4,5)6)23(7,8)17-13-9-10-14-17;;;/h9,11-13,15H,10,16H2,1-8H3;2*1H;/q-1;;;+3/p-2. The van der Waals surface area contributed by atoms with E-state index in [2.05, 4.69) is 91.1 Å². The monoisotopic (exact) mass is 447 g/mol. The molecular formula is C21H33Cl2OSiTi. The van der Waals surface area contributed by atoms with E-state index in [1.165, 1.54) is 10.8 Å². The molecule has 0 bridgehead atoms. The van der Waals surface area contributed by atoms with Crippen molar-refractivity contribution in [3.63, 3.8) is 0 Å². The molecule has 5 heteroatoms. The summed E-state index contributed by atoms with van der Waals surface area (Å²) in [5, 5.41) is 1.20. The summed E-state index contributed by atoms with van der Waals surface area (Å²) < 4.78 is 6.93. The van der Waals surface area contributed by atoms with Gasteiger partial charge in [-0.15, -0.1) is 6.42 Å². The van der Waals surface area contributed by atoms with Crippen LogP contribution in [0.3, 0.4) is 0 Å². The van der Waals surface area contributed by atoms with Crippen molar-refractivity contribution in [1.29, 1.82) is 0 Å². The Morgan fingerprint density at radius 1 is 1.04 bits per heavy atom. The number of hydrogen-bond acceptors (Lipinski definition) is 1. The van der Waals surface area contributed by atoms with Gasteiger partial charge in [0, 0.05) is 0 Å². The second kappa shape index (κ2) is 9.76. The van der Waals surface area contributed by atoms with Crippen molar-refractivity contribution in [2.24, 2.45) is 5.41 Å². The summed E-state index contributed by atoms with van der Waals surface area (Å²) in [5.74, 6) is 0. The molecule has 0 N–H and O–H groups in total. The Labute approximate surface area is 189 Å². The van der Waals surface area contributed by atoms with Crippen molar-refractivity contribution in [1.82, 2.24) is 0 Å². The van der Waals surface area contributed by atoms with Crippen LogP contribution in [0.25, 0.3) is 0 Å². The molecular weight excluding hydrogens is 415 g/mol. The third-order valence-corrected chi connectivity index (χ3v) is 9.19. The molecule has 0 aromatic carbocycles. The molecule has 0 saturated heterocycles. The first-order chi connectivity index (χ1) is 10.4. The first-order valence-corrected chi connectivity index (χ1v) is 11.8. The molecule has 1 atom stereocenters. The van der Waals surface area contributed by atoms with E-state index in [0.717, 1.165) is 12.8 Å². The van der Waals surface area contributed by atoms with E-state index in [-0.39, 0.29) is 62.8 Å². The zero-order valence-corrected chi connectivity index (χ0v) is 21.5. The predicted molar refractivity (Wildman–Crippen MR) is 103 cm³/mol. The Morgan fingerprint density at radius 2 is 1.62 bits per heavy atom. The Kier molecular flexibility index (Phi) is 10.8. The van der Waals surface area contributed by atoms with Crippen molar-refractivity contribution in [2.75, 3.05) is 0 Å². The molecule has 0 aromatic rings. The van der Waals surface area contributed by atoms with Crippen LogP contribution in [0.5, 0.6) is 0 Å². The van der Waals surface area contributed by atoms with Crippen molar-refractivity contribution in [3.05, 3.63) is 47.2 Å². The van der Waals surface area contributed by atoms with Gasteiger partial charge in [0.15, 0.2) is 0 Å². The smallest absolute Gasteiger partial charge is 1.00 e. The molecule has 1 nitrogen and oxygen atoms in total. The molecule has 0 saturated carbocycles. The van der Waals surface area contributed by atoms with Crippen LogP contribution in [0, 0.1) is 11.5 Å². The molecule has 0 spiro atoms. The zero-order valence-electron chi connectivity index (χ0n) is 17.5. The third kappa shape index (κ3) is 5.72. The number of rotatable bonds is 3. The van der Waals surface area contributed by atoms with Crippen molar-refractivity contribution >= 4 is 8.07 Å². The molecule has 2 aliphatic rings. The summed E-state index contributed by atoms with van der Waals surface area (Å²) in [6.45, 7) is 18.4. The van der Waals surface area contributed by atoms with Gasteiger partial charge in [0.25, 0.3) is 0 Å². The SMILES string of the molecule is CC(C)(C)OC1([Si](C)(C)C2=[C-]CC=C2)CC=CC=C1C(C)(C)C.[Cl-].[Cl-].[Ti+3]. The molecule has 2 rings (SSSR count). The average molecular weight is 448 g/mol. The number of ether oxygens (including phenoxy) is 1. The van der Waals surface area contributed by atoms with Crippen molar-refractivity contribution in [3.8, 4) is 0 Å². The topological polar surface area (TPSA) is 9.23 Å². The van der Waals surface area contributed by atoms with Crippen molar-refractivity contribution < 1.29 is 51.3 Å². The van der Waals surface area contributed by atoms with Gasteiger partial charge in [-0.05, 0) is 38.2 Å². The van der Waals surface area contributed by atoms with Crippen molar-refractivity contribution in [2.45, 2.75) is 78.3 Å². The zero-order chi connectivity index (χ0) is 17.5. The van der Waals surface area contributed by atoms with Crippen LogP contribution in [-0.4, -0.2) is 18.9 Å². The minimum atomic E-state index is -1.93. The fourth-order valence-electron chi connectivity index (χ4n) is 3.89. The van der Waals surface area contributed by atoms with Crippen LogP contribution < -0.4 is 24.8 Å². The maximum Gasteiger partial charge on any atom is 3.00 e. The minimum Gasteiger partial charge on any atom is -1.00 e. The van der Waals surface area contributed by atoms with Gasteiger partial charge < -0.3 is 29.6 Å². The van der Waals surface area contributed by atoms with Crippen LogP contribution in [0.4, 0.5) is 0 Å². The second-order valence-corrected chi connectivity index (χ2v) is 13.9. The fourth-order valence-corrected chi connectivity index (χ4v) is 7.72. The fraction of sp³-hybridized carbons (Fsp3) is 0.619. The number of hydrogen-bond donors (Lipinski definition) is 0. The Bertz CT molecular complexity index is 592. The van der Waals surface area contributed by atoms with Gasteiger partial charge in [-0.3, -0.25) is 6.08 Å². The van der Waals surface area contributed by atoms with Gasteiger partial charge in [0.1, 0.15) is 0 Å². The van der Waals surface area contributed by atoms with Gasteiger partial charge in [0.05, 0.1) is 18.9 Å². The maximum atomic E-state index is 6.93. The third-order valence-electron chi connectivity index (χ3n) is 4.91. The maximum absolute atomic E-state index is 6.93. The molecule has 0 heterocycles. The van der Waals surface area contributed by atoms with Gasteiger partial charge in [-0.25, -0.2) is 11.3 Å². The van der Waals surface area contributed by atoms with E-state index < -0.39 is 8.07 Å². The average Bonchev–Trinajstić information content (AvgIpc) is 2.90. The van der Waals surface area contributed by atoms with Crippen LogP contribution in [0.1, 0.15) is 54.4 Å². The van der Waals surface area contributed by atoms with E-state index in [4.69, 9.17) is 4.74 Å². The summed E-state index contributed by atoms with van der Waals surface area (Å²) in [4.78, 5) is 0. The molecule has 1 radical (unpaired) electrons. The quantitative estimate of drug-likeness (QED) is 0.435.